The SMILES string of the molecule is NC(N)=S.[Cu+].[I-]. The zero-order valence-electron chi connectivity index (χ0n) is 2.74. The van der Waals surface area contributed by atoms with E-state index in [-0.39, 0.29) is 46.2 Å². The smallest absolute Gasteiger partial charge is 1.00 e. The van der Waals surface area contributed by atoms with Crippen molar-refractivity contribution in [1.29, 1.82) is 0 Å². The van der Waals surface area contributed by atoms with Crippen molar-refractivity contribution in [3.8, 4) is 0 Å². The predicted molar refractivity (Wildman–Crippen MR) is 21.0 cm³/mol. The molecule has 0 rings (SSSR count). The van der Waals surface area contributed by atoms with E-state index in [0.717, 1.165) is 0 Å². The van der Waals surface area contributed by atoms with Crippen LogP contribution in [0, 0.1) is 0 Å². The van der Waals surface area contributed by atoms with E-state index in [9.17, 15) is 0 Å². The van der Waals surface area contributed by atoms with Gasteiger partial charge in [0.25, 0.3) is 0 Å². The summed E-state index contributed by atoms with van der Waals surface area (Å²) < 4.78 is 0. The van der Waals surface area contributed by atoms with Crippen LogP contribution in [0.5, 0.6) is 0 Å². The molecule has 0 fully saturated rings. The second-order valence-electron chi connectivity index (χ2n) is 0.402. The van der Waals surface area contributed by atoms with Gasteiger partial charge in [-0.15, -0.1) is 0 Å². The molecule has 0 aliphatic carbocycles. The van der Waals surface area contributed by atoms with Crippen LogP contribution in [0.15, 0.2) is 0 Å². The van der Waals surface area contributed by atoms with E-state index >= 15 is 0 Å². The molecular formula is CH4CuIN2S. The molecule has 0 aromatic heterocycles. The van der Waals surface area contributed by atoms with Gasteiger partial charge in [0.1, 0.15) is 0 Å². The zero-order valence-corrected chi connectivity index (χ0v) is 6.66. The summed E-state index contributed by atoms with van der Waals surface area (Å²) in [4.78, 5) is 0. The molecule has 0 unspecified atom stereocenters. The van der Waals surface area contributed by atoms with Crippen molar-refractivity contribution in [2.45, 2.75) is 0 Å². The summed E-state index contributed by atoms with van der Waals surface area (Å²) in [7, 11) is 0. The number of thiocarbonyl (C=S) groups is 1. The van der Waals surface area contributed by atoms with Gasteiger partial charge in [0.05, 0.1) is 0 Å². The van der Waals surface area contributed by atoms with Crippen LogP contribution in [0.2, 0.25) is 0 Å². The van der Waals surface area contributed by atoms with E-state index in [1.54, 1.807) is 0 Å². The first-order valence-corrected chi connectivity index (χ1v) is 1.19. The summed E-state index contributed by atoms with van der Waals surface area (Å²) in [5.74, 6) is 0. The van der Waals surface area contributed by atoms with E-state index in [1.807, 2.05) is 0 Å². The fourth-order valence-electron chi connectivity index (χ4n) is 0. The van der Waals surface area contributed by atoms with E-state index in [4.69, 9.17) is 0 Å². The molecule has 0 radical (unpaired) electrons. The molecule has 0 aliphatic rings. The normalized spacial score (nSPS) is 4.00. The summed E-state index contributed by atoms with van der Waals surface area (Å²) in [6.45, 7) is 0. The number of hydrogen-bond acceptors (Lipinski definition) is 1. The van der Waals surface area contributed by atoms with Crippen molar-refractivity contribution in [2.24, 2.45) is 11.5 Å². The van der Waals surface area contributed by atoms with Gasteiger partial charge in [-0.05, 0) is 12.2 Å². The Kier molecular flexibility index (Phi) is 24.5. The molecule has 0 saturated heterocycles. The molecule has 0 saturated carbocycles. The first-order valence-electron chi connectivity index (χ1n) is 0.781. The molecule has 42 valence electrons. The largest absolute Gasteiger partial charge is 1.00 e. The maximum absolute atomic E-state index is 4.62. The van der Waals surface area contributed by atoms with Crippen molar-refractivity contribution in [3.05, 3.63) is 0 Å². The minimum Gasteiger partial charge on any atom is -1.00 e. The van der Waals surface area contributed by atoms with E-state index < -0.39 is 0 Å². The summed E-state index contributed by atoms with van der Waals surface area (Å²) in [6.07, 6.45) is 0. The standard InChI is InChI=1S/CH4N2S.Cu.HI/c2-1(3)4;;/h(H4,2,3,4);;1H/q;+1;/p-1. The quantitative estimate of drug-likeness (QED) is 0.269. The first-order chi connectivity index (χ1) is 1.73. The van der Waals surface area contributed by atoms with Crippen molar-refractivity contribution in [3.63, 3.8) is 0 Å². The van der Waals surface area contributed by atoms with Gasteiger partial charge in [0, 0.05) is 0 Å². The third kappa shape index (κ3) is 86.9. The van der Waals surface area contributed by atoms with Gasteiger partial charge in [0.15, 0.2) is 5.11 Å². The van der Waals surface area contributed by atoms with Gasteiger partial charge in [0.2, 0.25) is 0 Å². The predicted octanol–water partition coefficient (Wildman–Crippen LogP) is -3.81. The van der Waals surface area contributed by atoms with E-state index in [2.05, 4.69) is 23.7 Å². The Morgan fingerprint density at radius 3 is 1.33 bits per heavy atom. The fraction of sp³-hybridized carbons (Fsp3) is 0. The first kappa shape index (κ1) is 15.8. The summed E-state index contributed by atoms with van der Waals surface area (Å²) >= 11 is 4.09. The number of halogens is 1. The summed E-state index contributed by atoms with van der Waals surface area (Å²) in [5.41, 5.74) is 9.24. The van der Waals surface area contributed by atoms with Gasteiger partial charge in [-0.3, -0.25) is 0 Å². The molecule has 2 nitrogen and oxygen atoms in total. The summed E-state index contributed by atoms with van der Waals surface area (Å²) in [6, 6.07) is 0. The maximum Gasteiger partial charge on any atom is 1.00 e. The van der Waals surface area contributed by atoms with E-state index in [1.165, 1.54) is 0 Å². The summed E-state index contributed by atoms with van der Waals surface area (Å²) in [5, 5.41) is 0.000000000000000222. The van der Waals surface area contributed by atoms with Gasteiger partial charge >= 0.3 is 17.1 Å². The van der Waals surface area contributed by atoms with Gasteiger partial charge < -0.3 is 35.4 Å². The topological polar surface area (TPSA) is 52.0 Å². The van der Waals surface area contributed by atoms with Crippen molar-refractivity contribution in [2.75, 3.05) is 0 Å². The van der Waals surface area contributed by atoms with Gasteiger partial charge in [-0.25, -0.2) is 0 Å². The molecule has 6 heavy (non-hydrogen) atoms. The third-order valence-corrected chi connectivity index (χ3v) is 0. The third-order valence-electron chi connectivity index (χ3n) is 0. The molecule has 0 amide bonds. The number of nitrogens with two attached hydrogens (primary N) is 2. The molecule has 0 atom stereocenters. The monoisotopic (exact) mass is 266 g/mol. The molecule has 0 bridgehead atoms. The minimum absolute atomic E-state index is 0. The fourth-order valence-corrected chi connectivity index (χ4v) is 0. The van der Waals surface area contributed by atoms with E-state index in [0.29, 0.717) is 0 Å². The maximum atomic E-state index is 4.62. The van der Waals surface area contributed by atoms with Crippen LogP contribution in [0.3, 0.4) is 0 Å². The van der Waals surface area contributed by atoms with Crippen LogP contribution in [0.25, 0.3) is 0 Å². The number of rotatable bonds is 0. The zero-order chi connectivity index (χ0) is 3.58. The van der Waals surface area contributed by atoms with Crippen LogP contribution in [-0.2, 0) is 17.1 Å². The molecule has 0 aromatic carbocycles. The molecule has 0 spiro atoms. The van der Waals surface area contributed by atoms with Crippen LogP contribution < -0.4 is 35.4 Å². The molecule has 0 aliphatic heterocycles. The Balaban J connectivity index is -0.0000000450. The Morgan fingerprint density at radius 2 is 1.33 bits per heavy atom. The average Bonchev–Trinajstić information content (AvgIpc) is 0.811. The van der Waals surface area contributed by atoms with Gasteiger partial charge in [-0.2, -0.15) is 0 Å². The molecule has 0 heterocycles. The second-order valence-corrected chi connectivity index (χ2v) is 0.874. The Hall–Kier alpha value is 0.939. The number of hydrogen-bond donors (Lipinski definition) is 2. The molecular weight excluding hydrogens is 263 g/mol. The Morgan fingerprint density at radius 1 is 1.33 bits per heavy atom. The van der Waals surface area contributed by atoms with Crippen LogP contribution in [-0.4, -0.2) is 5.11 Å². The minimum atomic E-state index is 0. The second kappa shape index (κ2) is 9.34. The van der Waals surface area contributed by atoms with Gasteiger partial charge in [-0.1, -0.05) is 0 Å². The van der Waals surface area contributed by atoms with Crippen molar-refractivity contribution >= 4 is 17.3 Å². The van der Waals surface area contributed by atoms with Crippen LogP contribution >= 0.6 is 12.2 Å². The van der Waals surface area contributed by atoms with Crippen molar-refractivity contribution < 1.29 is 41.0 Å². The Labute approximate surface area is 69.5 Å². The van der Waals surface area contributed by atoms with Crippen LogP contribution in [0.1, 0.15) is 0 Å². The van der Waals surface area contributed by atoms with Crippen LogP contribution in [0.4, 0.5) is 0 Å². The Bertz CT molecular complexity index is 36.5. The average molecular weight is 267 g/mol. The van der Waals surface area contributed by atoms with Crippen molar-refractivity contribution in [1.82, 2.24) is 0 Å². The molecule has 5 heteroatoms. The molecule has 4 N–H and O–H groups in total. The molecule has 0 aromatic rings.